The van der Waals surface area contributed by atoms with Crippen molar-refractivity contribution in [3.05, 3.63) is 33.9 Å². The van der Waals surface area contributed by atoms with Gasteiger partial charge in [0.05, 0.1) is 4.92 Å². The van der Waals surface area contributed by atoms with E-state index in [4.69, 9.17) is 5.14 Å². The van der Waals surface area contributed by atoms with E-state index in [1.54, 1.807) is 14.1 Å². The van der Waals surface area contributed by atoms with Crippen molar-refractivity contribution in [1.29, 1.82) is 0 Å². The molecule has 0 unspecified atom stereocenters. The lowest BCUT2D eigenvalue weighted by molar-refractivity contribution is -0.387. The van der Waals surface area contributed by atoms with E-state index in [1.807, 2.05) is 4.90 Å². The van der Waals surface area contributed by atoms with Crippen molar-refractivity contribution < 1.29 is 13.3 Å². The summed E-state index contributed by atoms with van der Waals surface area (Å²) in [6.45, 7) is 0.473. The minimum absolute atomic E-state index is 0.457. The van der Waals surface area contributed by atoms with Gasteiger partial charge in [-0.15, -0.1) is 0 Å². The van der Waals surface area contributed by atoms with Crippen LogP contribution < -0.4 is 5.14 Å². The number of sulfonamides is 1. The molecule has 94 valence electrons. The van der Waals surface area contributed by atoms with Gasteiger partial charge in [-0.1, -0.05) is 6.07 Å². The lowest BCUT2D eigenvalue weighted by Crippen LogP contribution is -2.16. The monoisotopic (exact) mass is 259 g/mol. The zero-order chi connectivity index (χ0) is 13.2. The van der Waals surface area contributed by atoms with Crippen LogP contribution in [-0.2, 0) is 16.6 Å². The Hall–Kier alpha value is -1.51. The van der Waals surface area contributed by atoms with Gasteiger partial charge in [0.2, 0.25) is 10.0 Å². The Morgan fingerprint density at radius 3 is 2.41 bits per heavy atom. The molecule has 1 rings (SSSR count). The van der Waals surface area contributed by atoms with Crippen molar-refractivity contribution in [3.8, 4) is 0 Å². The molecule has 0 saturated heterocycles. The average molecular weight is 259 g/mol. The van der Waals surface area contributed by atoms with Crippen LogP contribution in [0.3, 0.4) is 0 Å². The molecule has 0 bridgehead atoms. The van der Waals surface area contributed by atoms with Crippen molar-refractivity contribution in [2.24, 2.45) is 5.14 Å². The number of nitro groups is 1. The normalized spacial score (nSPS) is 11.8. The molecule has 8 heteroatoms. The van der Waals surface area contributed by atoms with Gasteiger partial charge >= 0.3 is 0 Å². The van der Waals surface area contributed by atoms with Crippen molar-refractivity contribution in [2.75, 3.05) is 14.1 Å². The number of hydrogen-bond donors (Lipinski definition) is 1. The lowest BCUT2D eigenvalue weighted by atomic mass is 10.2. The van der Waals surface area contributed by atoms with E-state index in [0.717, 1.165) is 6.07 Å². The Morgan fingerprint density at radius 2 is 2.00 bits per heavy atom. The van der Waals surface area contributed by atoms with E-state index in [1.165, 1.54) is 12.1 Å². The average Bonchev–Trinajstić information content (AvgIpc) is 2.14. The molecule has 1 aromatic rings. The van der Waals surface area contributed by atoms with Gasteiger partial charge in [0.15, 0.2) is 4.90 Å². The molecule has 0 aliphatic heterocycles. The molecular weight excluding hydrogens is 246 g/mol. The molecule has 0 aliphatic carbocycles. The quantitative estimate of drug-likeness (QED) is 0.618. The summed E-state index contributed by atoms with van der Waals surface area (Å²) in [5, 5.41) is 15.6. The molecule has 7 nitrogen and oxygen atoms in total. The molecule has 0 saturated carbocycles. The van der Waals surface area contributed by atoms with Crippen LogP contribution in [0.1, 0.15) is 5.56 Å². The molecule has 0 radical (unpaired) electrons. The van der Waals surface area contributed by atoms with E-state index < -0.39 is 25.5 Å². The minimum Gasteiger partial charge on any atom is -0.305 e. The van der Waals surface area contributed by atoms with E-state index in [0.29, 0.717) is 12.1 Å². The van der Waals surface area contributed by atoms with Crippen LogP contribution in [0.2, 0.25) is 0 Å². The van der Waals surface area contributed by atoms with Crippen LogP contribution in [0.5, 0.6) is 0 Å². The minimum atomic E-state index is -4.10. The summed E-state index contributed by atoms with van der Waals surface area (Å²) in [6, 6.07) is 3.89. The smallest absolute Gasteiger partial charge is 0.289 e. The van der Waals surface area contributed by atoms with Gasteiger partial charge in [0, 0.05) is 12.6 Å². The highest BCUT2D eigenvalue weighted by Gasteiger charge is 2.22. The van der Waals surface area contributed by atoms with Crippen LogP contribution in [-0.4, -0.2) is 32.3 Å². The largest absolute Gasteiger partial charge is 0.305 e. The molecule has 1 aromatic carbocycles. The Balaban J connectivity index is 3.35. The van der Waals surface area contributed by atoms with Gasteiger partial charge in [-0.2, -0.15) is 0 Å². The maximum atomic E-state index is 11.3. The number of rotatable bonds is 4. The van der Waals surface area contributed by atoms with Crippen molar-refractivity contribution in [1.82, 2.24) is 4.90 Å². The van der Waals surface area contributed by atoms with Gasteiger partial charge in [-0.3, -0.25) is 10.1 Å². The predicted molar refractivity (Wildman–Crippen MR) is 61.9 cm³/mol. The Labute approximate surface area is 99.0 Å². The molecule has 0 fully saturated rings. The molecule has 0 atom stereocenters. The summed E-state index contributed by atoms with van der Waals surface area (Å²) in [5.41, 5.74) is 0.139. The molecule has 2 N–H and O–H groups in total. The molecule has 0 spiro atoms. The fourth-order valence-corrected chi connectivity index (χ4v) is 2.15. The Morgan fingerprint density at radius 1 is 1.41 bits per heavy atom. The first-order valence-electron chi connectivity index (χ1n) is 4.66. The van der Waals surface area contributed by atoms with Crippen molar-refractivity contribution in [2.45, 2.75) is 11.4 Å². The SMILES string of the molecule is CN(C)Cc1ccc([N+](=O)[O-])c(S(N)(=O)=O)c1. The van der Waals surface area contributed by atoms with Gasteiger partial charge in [-0.05, 0) is 25.7 Å². The number of nitrogens with zero attached hydrogens (tertiary/aromatic N) is 2. The zero-order valence-electron chi connectivity index (χ0n) is 9.45. The maximum Gasteiger partial charge on any atom is 0.289 e. The third-order valence-corrected chi connectivity index (χ3v) is 2.97. The van der Waals surface area contributed by atoms with E-state index in [9.17, 15) is 18.5 Å². The number of primary sulfonamides is 1. The standard InChI is InChI=1S/C9H13N3O4S/c1-11(2)6-7-3-4-8(12(13)14)9(5-7)17(10,15)16/h3-5H,6H2,1-2H3,(H2,10,15,16). The molecule has 0 heterocycles. The maximum absolute atomic E-state index is 11.3. The first kappa shape index (κ1) is 13.6. The van der Waals surface area contributed by atoms with E-state index >= 15 is 0 Å². The summed E-state index contributed by atoms with van der Waals surface area (Å²) in [5.74, 6) is 0. The van der Waals surface area contributed by atoms with Crippen LogP contribution in [0.25, 0.3) is 0 Å². The molecular formula is C9H13N3O4S. The fraction of sp³-hybridized carbons (Fsp3) is 0.333. The predicted octanol–water partition coefficient (Wildman–Crippen LogP) is 0.304. The van der Waals surface area contributed by atoms with Crippen molar-refractivity contribution in [3.63, 3.8) is 0 Å². The van der Waals surface area contributed by atoms with Crippen LogP contribution >= 0.6 is 0 Å². The summed E-state index contributed by atoms with van der Waals surface area (Å²) in [7, 11) is -0.490. The Bertz CT molecular complexity index is 539. The molecule has 17 heavy (non-hydrogen) atoms. The first-order chi connectivity index (χ1) is 7.71. The zero-order valence-corrected chi connectivity index (χ0v) is 10.3. The van der Waals surface area contributed by atoms with Gasteiger partial charge in [0.25, 0.3) is 5.69 Å². The van der Waals surface area contributed by atoms with Crippen LogP contribution in [0.15, 0.2) is 23.1 Å². The van der Waals surface area contributed by atoms with Gasteiger partial charge < -0.3 is 4.90 Å². The van der Waals surface area contributed by atoms with Gasteiger partial charge in [-0.25, -0.2) is 13.6 Å². The van der Waals surface area contributed by atoms with Crippen molar-refractivity contribution >= 4 is 15.7 Å². The summed E-state index contributed by atoms with van der Waals surface area (Å²) in [4.78, 5) is 11.3. The van der Waals surface area contributed by atoms with Crippen LogP contribution in [0, 0.1) is 10.1 Å². The van der Waals surface area contributed by atoms with E-state index in [2.05, 4.69) is 0 Å². The second-order valence-electron chi connectivity index (χ2n) is 3.84. The topological polar surface area (TPSA) is 107 Å². The Kier molecular flexibility index (Phi) is 3.81. The fourth-order valence-electron chi connectivity index (χ4n) is 1.40. The summed E-state index contributed by atoms with van der Waals surface area (Å²) in [6.07, 6.45) is 0. The summed E-state index contributed by atoms with van der Waals surface area (Å²) >= 11 is 0. The second-order valence-corrected chi connectivity index (χ2v) is 5.37. The third kappa shape index (κ3) is 3.48. The molecule has 0 aromatic heterocycles. The number of hydrogen-bond acceptors (Lipinski definition) is 5. The lowest BCUT2D eigenvalue weighted by Gasteiger charge is -2.10. The highest BCUT2D eigenvalue weighted by Crippen LogP contribution is 2.24. The first-order valence-corrected chi connectivity index (χ1v) is 6.21. The van der Waals surface area contributed by atoms with Gasteiger partial charge in [0.1, 0.15) is 0 Å². The molecule has 0 amide bonds. The number of nitrogens with two attached hydrogens (primary N) is 1. The number of nitro benzene ring substituents is 1. The third-order valence-electron chi connectivity index (χ3n) is 2.03. The molecule has 0 aliphatic rings. The van der Waals surface area contributed by atoms with Crippen LogP contribution in [0.4, 0.5) is 5.69 Å². The highest BCUT2D eigenvalue weighted by atomic mass is 32.2. The number of benzene rings is 1. The summed E-state index contributed by atoms with van der Waals surface area (Å²) < 4.78 is 22.5. The highest BCUT2D eigenvalue weighted by molar-refractivity contribution is 7.89. The second kappa shape index (κ2) is 4.78. The van der Waals surface area contributed by atoms with E-state index in [-0.39, 0.29) is 0 Å².